The summed E-state index contributed by atoms with van der Waals surface area (Å²) < 4.78 is 7.68. The normalized spacial score (nSPS) is 10.7. The van der Waals surface area contributed by atoms with E-state index in [-0.39, 0.29) is 0 Å². The maximum absolute atomic E-state index is 5.40. The summed E-state index contributed by atoms with van der Waals surface area (Å²) in [6.07, 6.45) is 3.21. The second-order valence-electron chi connectivity index (χ2n) is 5.05. The molecular weight excluding hydrogens is 260 g/mol. The Morgan fingerprint density at radius 2 is 1.86 bits per heavy atom. The van der Waals surface area contributed by atoms with Crippen molar-refractivity contribution < 1.29 is 4.74 Å². The lowest BCUT2D eigenvalue weighted by molar-refractivity contribution is 0.420. The average Bonchev–Trinajstić information content (AvgIpc) is 2.96. The molecule has 21 heavy (non-hydrogen) atoms. The third kappa shape index (κ3) is 3.02. The van der Waals surface area contributed by atoms with Gasteiger partial charge in [-0.2, -0.15) is 0 Å². The summed E-state index contributed by atoms with van der Waals surface area (Å²) in [6, 6.07) is 18.6. The van der Waals surface area contributed by atoms with Gasteiger partial charge in [-0.05, 0) is 36.8 Å². The zero-order valence-corrected chi connectivity index (χ0v) is 12.3. The van der Waals surface area contributed by atoms with E-state index >= 15 is 0 Å². The monoisotopic (exact) mass is 280 g/mol. The molecule has 3 aromatic rings. The van der Waals surface area contributed by atoms with E-state index < -0.39 is 0 Å². The Bertz CT molecular complexity index is 704. The Morgan fingerprint density at radius 3 is 2.67 bits per heavy atom. The Balaban J connectivity index is 1.61. The molecule has 0 atom stereocenters. The molecule has 1 aromatic heterocycles. The maximum Gasteiger partial charge on any atom is 0.128 e. The summed E-state index contributed by atoms with van der Waals surface area (Å²) >= 11 is 0. The molecule has 3 heteroatoms. The van der Waals surface area contributed by atoms with Gasteiger partial charge in [0.2, 0.25) is 0 Å². The van der Waals surface area contributed by atoms with Crippen molar-refractivity contribution in [2.45, 2.75) is 13.0 Å². The van der Waals surface area contributed by atoms with Crippen molar-refractivity contribution >= 4 is 16.6 Å². The van der Waals surface area contributed by atoms with Crippen molar-refractivity contribution in [1.82, 2.24) is 4.57 Å². The minimum absolute atomic E-state index is 0.939. The number of rotatable bonds is 6. The number of nitrogens with zero attached hydrogens (tertiary/aromatic N) is 1. The number of nitrogens with one attached hydrogen (secondary N) is 1. The molecule has 3 nitrogen and oxygen atoms in total. The first kappa shape index (κ1) is 13.6. The van der Waals surface area contributed by atoms with Crippen molar-refractivity contribution in [3.05, 3.63) is 60.8 Å². The predicted octanol–water partition coefficient (Wildman–Crippen LogP) is 4.15. The summed E-state index contributed by atoms with van der Waals surface area (Å²) in [6.45, 7) is 1.96. The van der Waals surface area contributed by atoms with E-state index in [1.807, 2.05) is 30.3 Å². The van der Waals surface area contributed by atoms with Crippen LogP contribution in [0.1, 0.15) is 6.42 Å². The number of fused-ring (bicyclic) bond motifs is 1. The molecule has 0 amide bonds. The molecule has 1 N–H and O–H groups in total. The fourth-order valence-electron chi connectivity index (χ4n) is 2.61. The number of aromatic nitrogens is 1. The van der Waals surface area contributed by atoms with Crippen LogP contribution in [0.4, 0.5) is 5.69 Å². The van der Waals surface area contributed by atoms with Crippen molar-refractivity contribution in [2.24, 2.45) is 0 Å². The average molecular weight is 280 g/mol. The fraction of sp³-hybridized carbons (Fsp3) is 0.222. The number of methoxy groups -OCH3 is 1. The number of hydrogen-bond donors (Lipinski definition) is 1. The van der Waals surface area contributed by atoms with E-state index in [2.05, 4.69) is 40.3 Å². The van der Waals surface area contributed by atoms with Crippen LogP contribution >= 0.6 is 0 Å². The van der Waals surface area contributed by atoms with Crippen LogP contribution in [0, 0.1) is 0 Å². The Hall–Kier alpha value is -2.42. The molecule has 0 aliphatic heterocycles. The van der Waals surface area contributed by atoms with Gasteiger partial charge >= 0.3 is 0 Å². The molecule has 1 heterocycles. The molecule has 0 saturated heterocycles. The highest BCUT2D eigenvalue weighted by atomic mass is 16.5. The highest BCUT2D eigenvalue weighted by Crippen LogP contribution is 2.26. The van der Waals surface area contributed by atoms with Gasteiger partial charge in [-0.1, -0.05) is 24.3 Å². The number of benzene rings is 2. The van der Waals surface area contributed by atoms with Crippen molar-refractivity contribution in [1.29, 1.82) is 0 Å². The van der Waals surface area contributed by atoms with Crippen molar-refractivity contribution in [3.8, 4) is 5.75 Å². The number of para-hydroxylation sites is 1. The van der Waals surface area contributed by atoms with Gasteiger partial charge in [0, 0.05) is 30.4 Å². The smallest absolute Gasteiger partial charge is 0.128 e. The van der Waals surface area contributed by atoms with E-state index in [0.717, 1.165) is 25.3 Å². The zero-order valence-electron chi connectivity index (χ0n) is 12.3. The Labute approximate surface area is 125 Å². The largest absolute Gasteiger partial charge is 0.496 e. The standard InChI is InChI=1S/C18H20N2O/c1-21-18-10-5-9-17-16(18)11-14-20(17)13-6-12-19-15-7-3-2-4-8-15/h2-5,7-11,14,19H,6,12-13H2,1H3. The van der Waals surface area contributed by atoms with E-state index in [1.54, 1.807) is 7.11 Å². The first-order valence-corrected chi connectivity index (χ1v) is 7.29. The van der Waals surface area contributed by atoms with Gasteiger partial charge in [-0.3, -0.25) is 0 Å². The van der Waals surface area contributed by atoms with E-state index in [1.165, 1.54) is 16.6 Å². The SMILES string of the molecule is COc1cccc2c1ccn2CCCNc1ccccc1. The highest BCUT2D eigenvalue weighted by molar-refractivity contribution is 5.86. The molecule has 0 fully saturated rings. The van der Waals surface area contributed by atoms with E-state index in [0.29, 0.717) is 0 Å². The molecule has 0 radical (unpaired) electrons. The molecule has 3 rings (SSSR count). The van der Waals surface area contributed by atoms with Gasteiger partial charge < -0.3 is 14.6 Å². The van der Waals surface area contributed by atoms with Gasteiger partial charge in [0.15, 0.2) is 0 Å². The lowest BCUT2D eigenvalue weighted by Crippen LogP contribution is -2.05. The number of hydrogen-bond acceptors (Lipinski definition) is 2. The summed E-state index contributed by atoms with van der Waals surface area (Å²) in [7, 11) is 1.72. The van der Waals surface area contributed by atoms with Crippen LogP contribution in [0.25, 0.3) is 10.9 Å². The summed E-state index contributed by atoms with van der Waals surface area (Å²) in [5.74, 6) is 0.939. The summed E-state index contributed by atoms with van der Waals surface area (Å²) in [5, 5.41) is 4.62. The van der Waals surface area contributed by atoms with Crippen LogP contribution in [0.3, 0.4) is 0 Å². The topological polar surface area (TPSA) is 26.2 Å². The molecule has 0 spiro atoms. The Morgan fingerprint density at radius 1 is 1.00 bits per heavy atom. The zero-order chi connectivity index (χ0) is 14.5. The maximum atomic E-state index is 5.40. The minimum atomic E-state index is 0.939. The van der Waals surface area contributed by atoms with Gasteiger partial charge in [0.25, 0.3) is 0 Å². The molecule has 0 aliphatic rings. The first-order chi connectivity index (χ1) is 10.4. The van der Waals surface area contributed by atoms with E-state index in [9.17, 15) is 0 Å². The van der Waals surface area contributed by atoms with E-state index in [4.69, 9.17) is 4.74 Å². The molecule has 0 bridgehead atoms. The quantitative estimate of drug-likeness (QED) is 0.686. The predicted molar refractivity (Wildman–Crippen MR) is 88.0 cm³/mol. The molecule has 0 saturated carbocycles. The van der Waals surface area contributed by atoms with Crippen molar-refractivity contribution in [2.75, 3.05) is 19.0 Å². The van der Waals surface area contributed by atoms with Crippen LogP contribution in [0.2, 0.25) is 0 Å². The van der Waals surface area contributed by atoms with Crippen LogP contribution in [-0.4, -0.2) is 18.2 Å². The summed E-state index contributed by atoms with van der Waals surface area (Å²) in [5.41, 5.74) is 2.41. The van der Waals surface area contributed by atoms with Crippen LogP contribution < -0.4 is 10.1 Å². The van der Waals surface area contributed by atoms with Crippen LogP contribution in [-0.2, 0) is 6.54 Å². The van der Waals surface area contributed by atoms with Crippen molar-refractivity contribution in [3.63, 3.8) is 0 Å². The summed E-state index contributed by atoms with van der Waals surface area (Å²) in [4.78, 5) is 0. The Kier molecular flexibility index (Phi) is 4.10. The van der Waals surface area contributed by atoms with Gasteiger partial charge in [-0.15, -0.1) is 0 Å². The van der Waals surface area contributed by atoms with Gasteiger partial charge in [-0.25, -0.2) is 0 Å². The lowest BCUT2D eigenvalue weighted by Gasteiger charge is -2.08. The third-order valence-electron chi connectivity index (χ3n) is 3.67. The fourth-order valence-corrected chi connectivity index (χ4v) is 2.61. The molecule has 0 aliphatic carbocycles. The molecule has 0 unspecified atom stereocenters. The van der Waals surface area contributed by atoms with Gasteiger partial charge in [0.1, 0.15) is 5.75 Å². The highest BCUT2D eigenvalue weighted by Gasteiger charge is 2.05. The van der Waals surface area contributed by atoms with Gasteiger partial charge in [0.05, 0.1) is 12.6 Å². The third-order valence-corrected chi connectivity index (χ3v) is 3.67. The first-order valence-electron chi connectivity index (χ1n) is 7.29. The lowest BCUT2D eigenvalue weighted by atomic mass is 10.2. The number of ether oxygens (including phenoxy) is 1. The number of aryl methyl sites for hydroxylation is 1. The second kappa shape index (κ2) is 6.35. The minimum Gasteiger partial charge on any atom is -0.496 e. The molecule has 2 aromatic carbocycles. The molecule has 108 valence electrons. The second-order valence-corrected chi connectivity index (χ2v) is 5.05. The number of anilines is 1. The van der Waals surface area contributed by atoms with Crippen LogP contribution in [0.5, 0.6) is 5.75 Å². The molecular formula is C18H20N2O. The van der Waals surface area contributed by atoms with Crippen LogP contribution in [0.15, 0.2) is 60.8 Å².